The molecule has 1 spiro atoms. The van der Waals surface area contributed by atoms with Gasteiger partial charge in [-0.05, 0) is 38.8 Å². The van der Waals surface area contributed by atoms with Gasteiger partial charge < -0.3 is 15.5 Å². The van der Waals surface area contributed by atoms with Crippen LogP contribution in [0.1, 0.15) is 44.9 Å². The van der Waals surface area contributed by atoms with Crippen LogP contribution >= 0.6 is 23.5 Å². The molecule has 0 aromatic rings. The lowest BCUT2D eigenvalue weighted by atomic mass is 9.96. The molecule has 0 saturated carbocycles. The monoisotopic (exact) mass is 444 g/mol. The molecule has 3 saturated heterocycles. The smallest absolute Gasteiger partial charge is 0.243 e. The summed E-state index contributed by atoms with van der Waals surface area (Å²) in [6.07, 6.45) is 4.93. The number of carbonyl (C=O) groups excluding carboxylic acids is 3. The van der Waals surface area contributed by atoms with Gasteiger partial charge in [0.05, 0.1) is 4.08 Å². The minimum Gasteiger partial charge on any atom is -0.354 e. The molecule has 3 amide bonds. The number of amides is 3. The van der Waals surface area contributed by atoms with Crippen molar-refractivity contribution in [2.45, 2.75) is 55.1 Å². The van der Waals surface area contributed by atoms with Crippen molar-refractivity contribution in [3.63, 3.8) is 0 Å². The van der Waals surface area contributed by atoms with Crippen LogP contribution in [-0.2, 0) is 14.4 Å². The Balaban J connectivity index is 1.52. The summed E-state index contributed by atoms with van der Waals surface area (Å²) in [7, 11) is 0. The predicted molar refractivity (Wildman–Crippen MR) is 115 cm³/mol. The van der Waals surface area contributed by atoms with Gasteiger partial charge in [-0.1, -0.05) is 6.42 Å². The zero-order valence-corrected chi connectivity index (χ0v) is 18.4. The Bertz CT molecular complexity index is 595. The van der Waals surface area contributed by atoms with Crippen molar-refractivity contribution in [1.29, 1.82) is 0 Å². The van der Waals surface area contributed by atoms with E-state index in [9.17, 15) is 14.4 Å². The molecule has 0 radical (unpaired) electrons. The van der Waals surface area contributed by atoms with Crippen LogP contribution in [0.25, 0.3) is 0 Å². The van der Waals surface area contributed by atoms with E-state index >= 15 is 0 Å². The maximum atomic E-state index is 13.2. The summed E-state index contributed by atoms with van der Waals surface area (Å²) < 4.78 is -0.0256. The quantitative estimate of drug-likeness (QED) is 0.251. The number of thioether (sulfide) groups is 2. The van der Waals surface area contributed by atoms with Crippen LogP contribution < -0.4 is 16.1 Å². The van der Waals surface area contributed by atoms with Crippen molar-refractivity contribution in [3.8, 4) is 0 Å². The van der Waals surface area contributed by atoms with Crippen molar-refractivity contribution in [2.24, 2.45) is 5.92 Å². The van der Waals surface area contributed by atoms with Gasteiger partial charge in [-0.2, -0.15) is 0 Å². The summed E-state index contributed by atoms with van der Waals surface area (Å²) in [4.78, 5) is 39.0. The SMILES string of the molecule is O=C(CCCCCNC(=O)[C@@H]1CC2(CN1C(=O)C1CCNCC1)SCCS2)NO. The summed E-state index contributed by atoms with van der Waals surface area (Å²) in [5.41, 5.74) is 1.62. The second kappa shape index (κ2) is 10.9. The van der Waals surface area contributed by atoms with Crippen LogP contribution in [0.15, 0.2) is 0 Å². The topological polar surface area (TPSA) is 111 Å². The maximum Gasteiger partial charge on any atom is 0.243 e. The lowest BCUT2D eigenvalue weighted by Crippen LogP contribution is -2.49. The number of nitrogens with one attached hydrogen (secondary N) is 3. The van der Waals surface area contributed by atoms with E-state index in [1.807, 2.05) is 28.4 Å². The molecule has 29 heavy (non-hydrogen) atoms. The van der Waals surface area contributed by atoms with Gasteiger partial charge in [-0.3, -0.25) is 19.6 Å². The van der Waals surface area contributed by atoms with Gasteiger partial charge in [0.1, 0.15) is 6.04 Å². The van der Waals surface area contributed by atoms with Gasteiger partial charge in [0.25, 0.3) is 0 Å². The Hall–Kier alpha value is -0.970. The van der Waals surface area contributed by atoms with Crippen LogP contribution in [0.3, 0.4) is 0 Å². The second-order valence-corrected chi connectivity index (χ2v) is 11.2. The zero-order valence-electron chi connectivity index (χ0n) is 16.8. The molecule has 0 aromatic heterocycles. The number of hydroxylamine groups is 1. The summed E-state index contributed by atoms with van der Waals surface area (Å²) in [6.45, 7) is 2.94. The lowest BCUT2D eigenvalue weighted by Gasteiger charge is -2.30. The number of likely N-dealkylation sites (tertiary alicyclic amines) is 1. The van der Waals surface area contributed by atoms with E-state index < -0.39 is 0 Å². The molecular weight excluding hydrogens is 412 g/mol. The van der Waals surface area contributed by atoms with Crippen LogP contribution in [0.2, 0.25) is 0 Å². The van der Waals surface area contributed by atoms with Crippen LogP contribution in [0.5, 0.6) is 0 Å². The summed E-state index contributed by atoms with van der Waals surface area (Å²) in [5, 5.41) is 14.8. The Morgan fingerprint density at radius 2 is 1.83 bits per heavy atom. The summed E-state index contributed by atoms with van der Waals surface area (Å²) in [5.74, 6) is 1.89. The molecule has 3 aliphatic heterocycles. The third kappa shape index (κ3) is 6.02. The number of hydrogen-bond donors (Lipinski definition) is 4. The van der Waals surface area contributed by atoms with Crippen molar-refractivity contribution in [1.82, 2.24) is 21.0 Å². The first-order valence-electron chi connectivity index (χ1n) is 10.5. The molecule has 1 atom stereocenters. The normalized spacial score (nSPS) is 24.0. The average molecular weight is 445 g/mol. The average Bonchev–Trinajstić information content (AvgIpc) is 3.37. The minimum absolute atomic E-state index is 0.0239. The number of rotatable bonds is 8. The molecule has 0 aliphatic carbocycles. The Morgan fingerprint density at radius 3 is 2.52 bits per heavy atom. The highest BCUT2D eigenvalue weighted by Gasteiger charge is 2.51. The van der Waals surface area contributed by atoms with E-state index in [1.165, 1.54) is 0 Å². The van der Waals surface area contributed by atoms with Crippen molar-refractivity contribution in [2.75, 3.05) is 37.7 Å². The van der Waals surface area contributed by atoms with E-state index in [4.69, 9.17) is 5.21 Å². The van der Waals surface area contributed by atoms with E-state index in [0.717, 1.165) is 56.7 Å². The lowest BCUT2D eigenvalue weighted by molar-refractivity contribution is -0.142. The van der Waals surface area contributed by atoms with Crippen LogP contribution in [0, 0.1) is 5.92 Å². The van der Waals surface area contributed by atoms with Gasteiger partial charge in [-0.15, -0.1) is 23.5 Å². The Labute approximate surface area is 180 Å². The van der Waals surface area contributed by atoms with Gasteiger partial charge >= 0.3 is 0 Å². The highest BCUT2D eigenvalue weighted by molar-refractivity contribution is 8.21. The fourth-order valence-corrected chi connectivity index (χ4v) is 7.54. The first kappa shape index (κ1) is 22.7. The molecule has 0 aromatic carbocycles. The predicted octanol–water partition coefficient (Wildman–Crippen LogP) is 0.945. The number of carbonyl (C=O) groups is 3. The molecule has 0 unspecified atom stereocenters. The van der Waals surface area contributed by atoms with Gasteiger partial charge in [0, 0.05) is 43.4 Å². The van der Waals surface area contributed by atoms with Gasteiger partial charge in [-0.25, -0.2) is 5.48 Å². The van der Waals surface area contributed by atoms with Crippen molar-refractivity contribution in [3.05, 3.63) is 0 Å². The third-order valence-corrected chi connectivity index (χ3v) is 9.31. The molecule has 0 bridgehead atoms. The van der Waals surface area contributed by atoms with E-state index in [-0.39, 0.29) is 40.2 Å². The number of unbranched alkanes of at least 4 members (excludes halogenated alkanes) is 2. The van der Waals surface area contributed by atoms with E-state index in [1.54, 1.807) is 5.48 Å². The largest absolute Gasteiger partial charge is 0.354 e. The molecule has 164 valence electrons. The maximum absolute atomic E-state index is 13.2. The number of hydrogen-bond acceptors (Lipinski definition) is 7. The summed E-state index contributed by atoms with van der Waals surface area (Å²) >= 11 is 3.80. The molecule has 3 heterocycles. The van der Waals surface area contributed by atoms with Gasteiger partial charge in [0.2, 0.25) is 17.7 Å². The Morgan fingerprint density at radius 1 is 1.10 bits per heavy atom. The summed E-state index contributed by atoms with van der Waals surface area (Å²) in [6, 6.07) is -0.379. The first-order chi connectivity index (χ1) is 14.0. The minimum atomic E-state index is -0.385. The molecule has 3 fully saturated rings. The first-order valence-corrected chi connectivity index (χ1v) is 12.5. The highest BCUT2D eigenvalue weighted by Crippen LogP contribution is 2.52. The highest BCUT2D eigenvalue weighted by atomic mass is 32.2. The number of nitrogens with zero attached hydrogens (tertiary/aromatic N) is 1. The molecule has 8 nitrogen and oxygen atoms in total. The van der Waals surface area contributed by atoms with E-state index in [2.05, 4.69) is 10.6 Å². The second-order valence-electron chi connectivity index (χ2n) is 7.95. The van der Waals surface area contributed by atoms with Crippen molar-refractivity contribution >= 4 is 41.2 Å². The molecule has 3 aliphatic rings. The fourth-order valence-electron chi connectivity index (χ4n) is 4.29. The standard InChI is InChI=1S/C19H32N4O4S2/c24-16(22-27)4-2-1-3-7-21-17(25)15-12-19(28-10-11-29-19)13-23(15)18(26)14-5-8-20-9-6-14/h14-15,20,27H,1-13H2,(H,21,25)(H,22,24)/t15-/m0/s1. The van der Waals surface area contributed by atoms with Crippen LogP contribution in [0.4, 0.5) is 0 Å². The van der Waals surface area contributed by atoms with E-state index in [0.29, 0.717) is 19.5 Å². The Kier molecular flexibility index (Phi) is 8.52. The van der Waals surface area contributed by atoms with Crippen molar-refractivity contribution < 1.29 is 19.6 Å². The fraction of sp³-hybridized carbons (Fsp3) is 0.842. The van der Waals surface area contributed by atoms with Crippen LogP contribution in [-0.4, -0.2) is 75.6 Å². The molecule has 4 N–H and O–H groups in total. The van der Waals surface area contributed by atoms with Gasteiger partial charge in [0.15, 0.2) is 0 Å². The zero-order chi connectivity index (χ0) is 20.7. The number of piperidine rings is 1. The third-order valence-electron chi connectivity index (χ3n) is 5.88. The molecule has 10 heteroatoms. The molecule has 3 rings (SSSR count). The molecular formula is C19H32N4O4S2.